The Morgan fingerprint density at radius 3 is 2.91 bits per heavy atom. The molecule has 0 radical (unpaired) electrons. The summed E-state index contributed by atoms with van der Waals surface area (Å²) >= 11 is 0. The molecule has 0 saturated carbocycles. The molecule has 118 valence electrons. The first-order chi connectivity index (χ1) is 10.6. The lowest BCUT2D eigenvalue weighted by Crippen LogP contribution is -2.41. The average molecular weight is 306 g/mol. The van der Waals surface area contributed by atoms with Crippen molar-refractivity contribution in [2.24, 2.45) is 7.05 Å². The Hall–Kier alpha value is -1.95. The van der Waals surface area contributed by atoms with E-state index < -0.39 is 11.6 Å². The third-order valence-corrected chi connectivity index (χ3v) is 3.96. The normalized spacial score (nSPS) is 19.3. The molecule has 0 amide bonds. The highest BCUT2D eigenvalue weighted by molar-refractivity contribution is 5.44. The molecule has 1 aliphatic heterocycles. The Morgan fingerprint density at radius 2 is 2.18 bits per heavy atom. The van der Waals surface area contributed by atoms with Crippen LogP contribution in [0.25, 0.3) is 0 Å². The molecule has 3 rings (SSSR count). The van der Waals surface area contributed by atoms with Crippen LogP contribution in [0.15, 0.2) is 30.6 Å². The fraction of sp³-hybridized carbons (Fsp3) is 0.438. The van der Waals surface area contributed by atoms with Crippen molar-refractivity contribution in [2.75, 3.05) is 18.4 Å². The van der Waals surface area contributed by atoms with Crippen molar-refractivity contribution in [1.29, 1.82) is 0 Å². The van der Waals surface area contributed by atoms with Gasteiger partial charge in [0, 0.05) is 49.7 Å². The maximum Gasteiger partial charge on any atom is 0.160 e. The van der Waals surface area contributed by atoms with Crippen LogP contribution in [0.4, 0.5) is 14.5 Å². The molecule has 1 aromatic carbocycles. The number of nitrogens with one attached hydrogen (secondary N) is 1. The minimum atomic E-state index is -0.813. The van der Waals surface area contributed by atoms with Crippen molar-refractivity contribution < 1.29 is 8.78 Å². The van der Waals surface area contributed by atoms with Gasteiger partial charge in [0.15, 0.2) is 11.6 Å². The van der Waals surface area contributed by atoms with Gasteiger partial charge in [-0.2, -0.15) is 5.10 Å². The highest BCUT2D eigenvalue weighted by Crippen LogP contribution is 2.19. The summed E-state index contributed by atoms with van der Waals surface area (Å²) in [4.78, 5) is 2.36. The molecule has 22 heavy (non-hydrogen) atoms. The van der Waals surface area contributed by atoms with Gasteiger partial charge in [0.2, 0.25) is 0 Å². The summed E-state index contributed by atoms with van der Waals surface area (Å²) in [7, 11) is 1.91. The summed E-state index contributed by atoms with van der Waals surface area (Å²) in [5.41, 5.74) is 1.82. The largest absolute Gasteiger partial charge is 0.381 e. The van der Waals surface area contributed by atoms with E-state index >= 15 is 0 Å². The van der Waals surface area contributed by atoms with E-state index in [0.717, 1.165) is 38.5 Å². The molecule has 2 heterocycles. The number of halogens is 2. The Balaban J connectivity index is 1.59. The molecule has 1 aliphatic rings. The first kappa shape index (κ1) is 15.0. The Morgan fingerprint density at radius 1 is 1.32 bits per heavy atom. The minimum absolute atomic E-state index is 0.246. The number of hydrogen-bond acceptors (Lipinski definition) is 3. The van der Waals surface area contributed by atoms with Crippen LogP contribution in [-0.4, -0.2) is 33.8 Å². The third-order valence-electron chi connectivity index (χ3n) is 3.96. The molecule has 1 atom stereocenters. The second kappa shape index (κ2) is 6.44. The Labute approximate surface area is 128 Å². The summed E-state index contributed by atoms with van der Waals surface area (Å²) < 4.78 is 28.0. The minimum Gasteiger partial charge on any atom is -0.381 e. The van der Waals surface area contributed by atoms with Crippen molar-refractivity contribution >= 4 is 5.69 Å². The number of rotatable bonds is 4. The molecule has 0 aliphatic carbocycles. The molecule has 1 aromatic heterocycles. The zero-order valence-corrected chi connectivity index (χ0v) is 12.6. The van der Waals surface area contributed by atoms with E-state index in [4.69, 9.17) is 0 Å². The molecular formula is C16H20F2N4. The quantitative estimate of drug-likeness (QED) is 0.943. The maximum atomic E-state index is 13.3. The zero-order chi connectivity index (χ0) is 15.5. The van der Waals surface area contributed by atoms with Gasteiger partial charge in [0.1, 0.15) is 0 Å². The number of anilines is 1. The van der Waals surface area contributed by atoms with E-state index in [2.05, 4.69) is 15.3 Å². The number of benzene rings is 1. The van der Waals surface area contributed by atoms with Gasteiger partial charge in [-0.25, -0.2) is 8.78 Å². The van der Waals surface area contributed by atoms with Gasteiger partial charge < -0.3 is 5.32 Å². The summed E-state index contributed by atoms with van der Waals surface area (Å²) in [6, 6.07) is 4.21. The van der Waals surface area contributed by atoms with Crippen LogP contribution in [0.3, 0.4) is 0 Å². The molecule has 1 saturated heterocycles. The second-order valence-corrected chi connectivity index (χ2v) is 5.87. The van der Waals surface area contributed by atoms with Gasteiger partial charge in [-0.3, -0.25) is 9.58 Å². The van der Waals surface area contributed by atoms with Gasteiger partial charge >= 0.3 is 0 Å². The molecule has 0 unspecified atom stereocenters. The SMILES string of the molecule is Cn1cc(CN2CCC[C@@H](Nc3ccc(F)c(F)c3)C2)cn1. The molecule has 0 bridgehead atoms. The number of piperidine rings is 1. The van der Waals surface area contributed by atoms with Crippen LogP contribution in [0.1, 0.15) is 18.4 Å². The lowest BCUT2D eigenvalue weighted by molar-refractivity contribution is 0.208. The predicted octanol–water partition coefficient (Wildman–Crippen LogP) is 2.77. The van der Waals surface area contributed by atoms with Gasteiger partial charge in [0.05, 0.1) is 6.20 Å². The number of nitrogens with zero attached hydrogens (tertiary/aromatic N) is 3. The lowest BCUT2D eigenvalue weighted by Gasteiger charge is -2.33. The number of hydrogen-bond donors (Lipinski definition) is 1. The van der Waals surface area contributed by atoms with Crippen LogP contribution in [-0.2, 0) is 13.6 Å². The van der Waals surface area contributed by atoms with Crippen molar-refractivity contribution in [3.63, 3.8) is 0 Å². The molecule has 4 nitrogen and oxygen atoms in total. The van der Waals surface area contributed by atoms with Crippen molar-refractivity contribution in [2.45, 2.75) is 25.4 Å². The first-order valence-corrected chi connectivity index (χ1v) is 7.51. The van der Waals surface area contributed by atoms with E-state index in [1.165, 1.54) is 11.6 Å². The Bertz CT molecular complexity index is 641. The van der Waals surface area contributed by atoms with Crippen molar-refractivity contribution in [3.8, 4) is 0 Å². The predicted molar refractivity (Wildman–Crippen MR) is 81.5 cm³/mol. The summed E-state index contributed by atoms with van der Waals surface area (Å²) in [6.45, 7) is 2.79. The number of likely N-dealkylation sites (tertiary alicyclic amines) is 1. The van der Waals surface area contributed by atoms with Gasteiger partial charge in [-0.15, -0.1) is 0 Å². The van der Waals surface area contributed by atoms with Gasteiger partial charge in [-0.05, 0) is 31.5 Å². The summed E-state index contributed by atoms with van der Waals surface area (Å²) in [5, 5.41) is 7.48. The van der Waals surface area contributed by atoms with Crippen molar-refractivity contribution in [3.05, 3.63) is 47.8 Å². The molecule has 2 aromatic rings. The topological polar surface area (TPSA) is 33.1 Å². The van der Waals surface area contributed by atoms with Crippen LogP contribution in [0.5, 0.6) is 0 Å². The van der Waals surface area contributed by atoms with E-state index in [9.17, 15) is 8.78 Å². The number of aryl methyl sites for hydroxylation is 1. The molecular weight excluding hydrogens is 286 g/mol. The molecule has 1 N–H and O–H groups in total. The zero-order valence-electron chi connectivity index (χ0n) is 12.6. The fourth-order valence-electron chi connectivity index (χ4n) is 2.95. The summed E-state index contributed by atoms with van der Waals surface area (Å²) in [5.74, 6) is -1.62. The maximum absolute atomic E-state index is 13.3. The third kappa shape index (κ3) is 3.62. The van der Waals surface area contributed by atoms with Crippen LogP contribution < -0.4 is 5.32 Å². The molecule has 0 spiro atoms. The standard InChI is InChI=1S/C16H20F2N4/c1-21-9-12(8-19-21)10-22-6-2-3-14(11-22)20-13-4-5-15(17)16(18)7-13/h4-5,7-9,14,20H,2-3,6,10-11H2,1H3/t14-/m1/s1. The highest BCUT2D eigenvalue weighted by Gasteiger charge is 2.20. The van der Waals surface area contributed by atoms with E-state index in [1.807, 2.05) is 19.4 Å². The van der Waals surface area contributed by atoms with E-state index in [0.29, 0.717) is 5.69 Å². The van der Waals surface area contributed by atoms with E-state index in [-0.39, 0.29) is 6.04 Å². The smallest absolute Gasteiger partial charge is 0.160 e. The van der Waals surface area contributed by atoms with Gasteiger partial charge in [-0.1, -0.05) is 0 Å². The van der Waals surface area contributed by atoms with Crippen molar-refractivity contribution in [1.82, 2.24) is 14.7 Å². The van der Waals surface area contributed by atoms with Crippen LogP contribution >= 0.6 is 0 Å². The number of aromatic nitrogens is 2. The second-order valence-electron chi connectivity index (χ2n) is 5.87. The summed E-state index contributed by atoms with van der Waals surface area (Å²) in [6.07, 6.45) is 6.02. The monoisotopic (exact) mass is 306 g/mol. The Kier molecular flexibility index (Phi) is 4.38. The lowest BCUT2D eigenvalue weighted by atomic mass is 10.0. The molecule has 1 fully saturated rings. The fourth-order valence-corrected chi connectivity index (χ4v) is 2.95. The van der Waals surface area contributed by atoms with Gasteiger partial charge in [0.25, 0.3) is 0 Å². The molecule has 6 heteroatoms. The highest BCUT2D eigenvalue weighted by atomic mass is 19.2. The average Bonchev–Trinajstić information content (AvgIpc) is 2.89. The van der Waals surface area contributed by atoms with Crippen LogP contribution in [0.2, 0.25) is 0 Å². The van der Waals surface area contributed by atoms with Crippen LogP contribution in [0, 0.1) is 11.6 Å². The first-order valence-electron chi connectivity index (χ1n) is 7.51. The van der Waals surface area contributed by atoms with E-state index in [1.54, 1.807) is 10.7 Å².